The van der Waals surface area contributed by atoms with Gasteiger partial charge in [-0.05, 0) is 41.3 Å². The number of ether oxygens (including phenoxy) is 2. The van der Waals surface area contributed by atoms with Crippen LogP contribution in [0.5, 0.6) is 11.5 Å². The van der Waals surface area contributed by atoms with Gasteiger partial charge in [-0.15, -0.1) is 12.4 Å². The Labute approximate surface area is 145 Å². The zero-order valence-corrected chi connectivity index (χ0v) is 15.6. The number of methoxy groups -OCH3 is 2. The Kier molecular flexibility index (Phi) is 6.52. The monoisotopic (exact) mass is 414 g/mol. The summed E-state index contributed by atoms with van der Waals surface area (Å²) in [5.74, 6) is 0.810. The fraction of sp³-hybridized carbons (Fsp3) is 0.538. The highest BCUT2D eigenvalue weighted by Gasteiger charge is 2.34. The molecule has 0 bridgehead atoms. The number of hydrogen-bond donors (Lipinski definition) is 2. The lowest BCUT2D eigenvalue weighted by Gasteiger charge is -2.38. The molecule has 0 spiro atoms. The number of rotatable bonds is 6. The first-order valence-electron chi connectivity index (χ1n) is 6.51. The molecule has 0 heterocycles. The van der Waals surface area contributed by atoms with E-state index >= 15 is 0 Å². The third-order valence-corrected chi connectivity index (χ3v) is 6.05. The molecule has 3 N–H and O–H groups in total. The molecule has 0 amide bonds. The predicted octanol–water partition coefficient (Wildman–Crippen LogP) is 2.05. The molecule has 6 nitrogen and oxygen atoms in total. The number of sulfonamides is 1. The molecule has 1 fully saturated rings. The van der Waals surface area contributed by atoms with Crippen LogP contribution in [-0.2, 0) is 10.0 Å². The van der Waals surface area contributed by atoms with Gasteiger partial charge < -0.3 is 15.2 Å². The summed E-state index contributed by atoms with van der Waals surface area (Å²) in [6, 6.07) is 2.99. The Bertz CT molecular complexity index is 635. The maximum atomic E-state index is 12.4. The van der Waals surface area contributed by atoms with Crippen LogP contribution in [-0.4, -0.2) is 34.7 Å². The van der Waals surface area contributed by atoms with Gasteiger partial charge in [0.15, 0.2) is 11.5 Å². The van der Waals surface area contributed by atoms with E-state index in [2.05, 4.69) is 20.7 Å². The second kappa shape index (κ2) is 7.35. The number of benzene rings is 1. The molecule has 1 aliphatic rings. The van der Waals surface area contributed by atoms with Gasteiger partial charge in [0.05, 0.1) is 14.2 Å². The third kappa shape index (κ3) is 4.05. The molecule has 22 heavy (non-hydrogen) atoms. The summed E-state index contributed by atoms with van der Waals surface area (Å²) >= 11 is 3.25. The first-order valence-corrected chi connectivity index (χ1v) is 8.79. The lowest BCUT2D eigenvalue weighted by atomic mass is 9.78. The molecule has 0 atom stereocenters. The number of hydrogen-bond acceptors (Lipinski definition) is 5. The molecule has 126 valence electrons. The van der Waals surface area contributed by atoms with Crippen molar-refractivity contribution in [1.82, 2.24) is 4.72 Å². The molecular formula is C13H20BrClN2O4S. The lowest BCUT2D eigenvalue weighted by Crippen LogP contribution is -2.54. The highest BCUT2D eigenvalue weighted by Crippen LogP contribution is 2.36. The number of nitrogens with one attached hydrogen (secondary N) is 1. The highest BCUT2D eigenvalue weighted by atomic mass is 79.9. The van der Waals surface area contributed by atoms with Crippen molar-refractivity contribution in [2.24, 2.45) is 5.73 Å². The molecule has 0 aromatic heterocycles. The van der Waals surface area contributed by atoms with Crippen molar-refractivity contribution in [2.45, 2.75) is 29.7 Å². The van der Waals surface area contributed by atoms with Crippen molar-refractivity contribution in [3.63, 3.8) is 0 Å². The summed E-state index contributed by atoms with van der Waals surface area (Å²) in [5.41, 5.74) is 5.62. The average molecular weight is 416 g/mol. The zero-order valence-electron chi connectivity index (χ0n) is 12.4. The number of halogens is 2. The van der Waals surface area contributed by atoms with E-state index in [1.54, 1.807) is 6.07 Å². The Hall–Kier alpha value is -0.540. The molecule has 1 aromatic rings. The molecule has 0 saturated heterocycles. The van der Waals surface area contributed by atoms with Gasteiger partial charge >= 0.3 is 0 Å². The molecule has 0 radical (unpaired) electrons. The second-order valence-electron chi connectivity index (χ2n) is 5.18. The standard InChI is InChI=1S/C13H19BrN2O4S.ClH/c1-19-10-6-9(14)12(7-11(10)20-2)21(17,18)16-8-13(15)4-3-5-13;/h6-7,16H,3-5,8,15H2,1-2H3;1H. The molecule has 1 aliphatic carbocycles. The first kappa shape index (κ1) is 19.5. The van der Waals surface area contributed by atoms with Gasteiger partial charge in [-0.1, -0.05) is 0 Å². The SMILES string of the molecule is COc1cc(Br)c(S(=O)(=O)NCC2(N)CCC2)cc1OC.Cl. The third-order valence-electron chi connectivity index (χ3n) is 3.69. The van der Waals surface area contributed by atoms with Gasteiger partial charge in [-0.2, -0.15) is 0 Å². The van der Waals surface area contributed by atoms with Crippen molar-refractivity contribution in [2.75, 3.05) is 20.8 Å². The molecule has 2 rings (SSSR count). The predicted molar refractivity (Wildman–Crippen MR) is 90.5 cm³/mol. The van der Waals surface area contributed by atoms with Crippen molar-refractivity contribution in [3.8, 4) is 11.5 Å². The van der Waals surface area contributed by atoms with E-state index in [1.807, 2.05) is 0 Å². The molecular weight excluding hydrogens is 396 g/mol. The fourth-order valence-electron chi connectivity index (χ4n) is 2.17. The smallest absolute Gasteiger partial charge is 0.241 e. The maximum absolute atomic E-state index is 12.4. The van der Waals surface area contributed by atoms with Crippen LogP contribution < -0.4 is 19.9 Å². The van der Waals surface area contributed by atoms with E-state index in [-0.39, 0.29) is 23.8 Å². The van der Waals surface area contributed by atoms with Crippen LogP contribution in [0.3, 0.4) is 0 Å². The van der Waals surface area contributed by atoms with Gasteiger partial charge in [0.1, 0.15) is 4.90 Å². The van der Waals surface area contributed by atoms with Crippen molar-refractivity contribution in [3.05, 3.63) is 16.6 Å². The largest absolute Gasteiger partial charge is 0.493 e. The second-order valence-corrected chi connectivity index (χ2v) is 7.77. The minimum absolute atomic E-state index is 0. The molecule has 1 saturated carbocycles. The van der Waals surface area contributed by atoms with E-state index in [0.717, 1.165) is 19.3 Å². The van der Waals surface area contributed by atoms with Gasteiger partial charge in [-0.25, -0.2) is 13.1 Å². The summed E-state index contributed by atoms with van der Waals surface area (Å²) in [6.45, 7) is 0.232. The molecule has 1 aromatic carbocycles. The average Bonchev–Trinajstić information content (AvgIpc) is 2.42. The van der Waals surface area contributed by atoms with Crippen LogP contribution in [0.15, 0.2) is 21.5 Å². The summed E-state index contributed by atoms with van der Waals surface area (Å²) in [4.78, 5) is 0.100. The first-order chi connectivity index (χ1) is 9.81. The van der Waals surface area contributed by atoms with Crippen LogP contribution in [0.25, 0.3) is 0 Å². The van der Waals surface area contributed by atoms with Crippen LogP contribution in [0.4, 0.5) is 0 Å². The zero-order chi connectivity index (χ0) is 15.7. The summed E-state index contributed by atoms with van der Waals surface area (Å²) in [6.07, 6.45) is 2.71. The molecule has 0 unspecified atom stereocenters. The van der Waals surface area contributed by atoms with E-state index in [1.165, 1.54) is 20.3 Å². The Morgan fingerprint density at radius 1 is 1.27 bits per heavy atom. The van der Waals surface area contributed by atoms with Crippen LogP contribution in [0.2, 0.25) is 0 Å². The lowest BCUT2D eigenvalue weighted by molar-refractivity contribution is 0.251. The van der Waals surface area contributed by atoms with Crippen LogP contribution >= 0.6 is 28.3 Å². The number of nitrogens with two attached hydrogens (primary N) is 1. The van der Waals surface area contributed by atoms with E-state index < -0.39 is 15.6 Å². The normalized spacial score (nSPS) is 16.4. The molecule has 9 heteroatoms. The van der Waals surface area contributed by atoms with Crippen molar-refractivity contribution < 1.29 is 17.9 Å². The highest BCUT2D eigenvalue weighted by molar-refractivity contribution is 9.10. The van der Waals surface area contributed by atoms with Crippen LogP contribution in [0.1, 0.15) is 19.3 Å². The minimum Gasteiger partial charge on any atom is -0.493 e. The quantitative estimate of drug-likeness (QED) is 0.742. The molecule has 0 aliphatic heterocycles. The van der Waals surface area contributed by atoms with E-state index in [0.29, 0.717) is 16.0 Å². The van der Waals surface area contributed by atoms with Gasteiger partial charge in [0.2, 0.25) is 10.0 Å². The Morgan fingerprint density at radius 2 is 1.82 bits per heavy atom. The minimum atomic E-state index is -3.67. The van der Waals surface area contributed by atoms with Gasteiger partial charge in [0, 0.05) is 22.6 Å². The van der Waals surface area contributed by atoms with E-state index in [9.17, 15) is 8.42 Å². The maximum Gasteiger partial charge on any atom is 0.241 e. The fourth-order valence-corrected chi connectivity index (χ4v) is 4.34. The Balaban J connectivity index is 0.00000242. The summed E-state index contributed by atoms with van der Waals surface area (Å²) < 4.78 is 38.1. The summed E-state index contributed by atoms with van der Waals surface area (Å²) in [7, 11) is -0.722. The topological polar surface area (TPSA) is 90.7 Å². The van der Waals surface area contributed by atoms with Crippen molar-refractivity contribution in [1.29, 1.82) is 0 Å². The van der Waals surface area contributed by atoms with Gasteiger partial charge in [0.25, 0.3) is 0 Å². The van der Waals surface area contributed by atoms with Crippen molar-refractivity contribution >= 4 is 38.4 Å². The van der Waals surface area contributed by atoms with E-state index in [4.69, 9.17) is 15.2 Å². The van der Waals surface area contributed by atoms with Gasteiger partial charge in [-0.3, -0.25) is 0 Å². The summed E-state index contributed by atoms with van der Waals surface area (Å²) in [5, 5.41) is 0. The Morgan fingerprint density at radius 3 is 2.27 bits per heavy atom. The van der Waals surface area contributed by atoms with Crippen LogP contribution in [0, 0.1) is 0 Å².